The first kappa shape index (κ1) is 15.2. The molecule has 0 heterocycles. The van der Waals surface area contributed by atoms with Crippen molar-refractivity contribution in [3.8, 4) is 0 Å². The molecule has 0 aromatic heterocycles. The van der Waals surface area contributed by atoms with Gasteiger partial charge in [0.25, 0.3) is 0 Å². The molecule has 1 aromatic carbocycles. The minimum atomic E-state index is -3.05. The van der Waals surface area contributed by atoms with Crippen molar-refractivity contribution in [2.24, 2.45) is 5.92 Å². The highest BCUT2D eigenvalue weighted by Gasteiger charge is 2.47. The van der Waals surface area contributed by atoms with E-state index >= 15 is 0 Å². The van der Waals surface area contributed by atoms with E-state index in [1.165, 1.54) is 14.0 Å². The molecule has 5 heteroatoms. The fraction of sp³-hybridized carbons (Fsp3) is 0.467. The Balaban J connectivity index is 2.44. The minimum absolute atomic E-state index is 0.208. The summed E-state index contributed by atoms with van der Waals surface area (Å²) in [6.07, 6.45) is 0.688. The van der Waals surface area contributed by atoms with E-state index < -0.39 is 28.4 Å². The third-order valence-electron chi connectivity index (χ3n) is 3.64. The number of benzene rings is 1. The average molecular weight is 300 g/mol. The van der Waals surface area contributed by atoms with Gasteiger partial charge in [0.05, 0.1) is 22.8 Å². The average Bonchev–Trinajstić information content (AvgIpc) is 2.41. The molecular formula is C15H18F2O2S. The van der Waals surface area contributed by atoms with Crippen LogP contribution < -0.4 is 0 Å². The SMILES string of the molecule is COC1=C([S@](=O)c2ccc(C)cc2)CC[C@H](C)C1(F)F. The van der Waals surface area contributed by atoms with Crippen LogP contribution in [0.1, 0.15) is 25.3 Å². The van der Waals surface area contributed by atoms with Crippen LogP contribution in [0.4, 0.5) is 8.78 Å². The number of rotatable bonds is 3. The summed E-state index contributed by atoms with van der Waals surface area (Å²) in [5, 5.41) is 0. The van der Waals surface area contributed by atoms with Crippen LogP contribution in [-0.4, -0.2) is 17.2 Å². The van der Waals surface area contributed by atoms with Crippen molar-refractivity contribution < 1.29 is 17.7 Å². The lowest BCUT2D eigenvalue weighted by atomic mass is 9.91. The lowest BCUT2D eigenvalue weighted by molar-refractivity contribution is -0.0661. The summed E-state index contributed by atoms with van der Waals surface area (Å²) in [5.74, 6) is -4.27. The fourth-order valence-electron chi connectivity index (χ4n) is 2.28. The molecule has 1 aliphatic rings. The van der Waals surface area contributed by atoms with Gasteiger partial charge in [0.15, 0.2) is 5.76 Å². The molecule has 2 nitrogen and oxygen atoms in total. The Bertz CT molecular complexity index is 549. The molecule has 0 radical (unpaired) electrons. The summed E-state index contributed by atoms with van der Waals surface area (Å²) in [7, 11) is -0.379. The lowest BCUT2D eigenvalue weighted by Gasteiger charge is -2.31. The zero-order valence-electron chi connectivity index (χ0n) is 11.8. The Morgan fingerprint density at radius 3 is 2.45 bits per heavy atom. The van der Waals surface area contributed by atoms with E-state index in [0.717, 1.165) is 5.56 Å². The number of halogens is 2. The summed E-state index contributed by atoms with van der Waals surface area (Å²) in [6, 6.07) is 7.07. The molecule has 0 N–H and O–H groups in total. The number of hydrogen-bond donors (Lipinski definition) is 0. The molecule has 0 aliphatic heterocycles. The summed E-state index contributed by atoms with van der Waals surface area (Å²) < 4.78 is 45.7. The van der Waals surface area contributed by atoms with Crippen LogP contribution in [0.25, 0.3) is 0 Å². The quantitative estimate of drug-likeness (QED) is 0.842. The molecule has 0 unspecified atom stereocenters. The highest BCUT2D eigenvalue weighted by molar-refractivity contribution is 7.89. The van der Waals surface area contributed by atoms with Crippen LogP contribution in [0.2, 0.25) is 0 Å². The van der Waals surface area contributed by atoms with Gasteiger partial charge in [-0.1, -0.05) is 24.6 Å². The van der Waals surface area contributed by atoms with Gasteiger partial charge in [-0.25, -0.2) is 4.21 Å². The van der Waals surface area contributed by atoms with E-state index in [0.29, 0.717) is 17.7 Å². The van der Waals surface area contributed by atoms with Crippen LogP contribution in [0.3, 0.4) is 0 Å². The van der Waals surface area contributed by atoms with Gasteiger partial charge >= 0.3 is 5.92 Å². The summed E-state index contributed by atoms with van der Waals surface area (Å²) >= 11 is 0. The fourth-order valence-corrected chi connectivity index (χ4v) is 3.64. The van der Waals surface area contributed by atoms with Gasteiger partial charge in [-0.15, -0.1) is 0 Å². The number of ether oxygens (including phenoxy) is 1. The van der Waals surface area contributed by atoms with E-state index in [1.54, 1.807) is 12.1 Å². The van der Waals surface area contributed by atoms with Crippen molar-refractivity contribution in [2.75, 3.05) is 7.11 Å². The Kier molecular flexibility index (Phi) is 4.28. The Hall–Kier alpha value is -1.23. The minimum Gasteiger partial charge on any atom is -0.494 e. The number of hydrogen-bond acceptors (Lipinski definition) is 2. The molecule has 0 saturated carbocycles. The normalized spacial score (nSPS) is 23.6. The molecule has 0 amide bonds. The van der Waals surface area contributed by atoms with Gasteiger partial charge in [-0.3, -0.25) is 0 Å². The maximum absolute atomic E-state index is 14.1. The molecule has 110 valence electrons. The third-order valence-corrected chi connectivity index (χ3v) is 5.18. The summed E-state index contributed by atoms with van der Waals surface area (Å²) in [5.41, 5.74) is 1.04. The largest absolute Gasteiger partial charge is 0.494 e. The van der Waals surface area contributed by atoms with Crippen LogP contribution in [0.15, 0.2) is 39.8 Å². The summed E-state index contributed by atoms with van der Waals surface area (Å²) in [6.45, 7) is 3.41. The zero-order chi connectivity index (χ0) is 14.9. The predicted molar refractivity (Wildman–Crippen MR) is 75.0 cm³/mol. The van der Waals surface area contributed by atoms with Gasteiger partial charge in [0.2, 0.25) is 0 Å². The van der Waals surface area contributed by atoms with E-state index in [4.69, 9.17) is 4.74 Å². The first-order valence-corrected chi connectivity index (χ1v) is 7.66. The van der Waals surface area contributed by atoms with Gasteiger partial charge < -0.3 is 4.74 Å². The van der Waals surface area contributed by atoms with E-state index in [-0.39, 0.29) is 4.91 Å². The van der Waals surface area contributed by atoms with Crippen LogP contribution in [0.5, 0.6) is 0 Å². The third kappa shape index (κ3) is 2.64. The Morgan fingerprint density at radius 1 is 1.30 bits per heavy atom. The van der Waals surface area contributed by atoms with Crippen LogP contribution in [-0.2, 0) is 15.5 Å². The van der Waals surface area contributed by atoms with Gasteiger partial charge in [-0.05, 0) is 31.9 Å². The van der Waals surface area contributed by atoms with Crippen molar-refractivity contribution in [1.29, 1.82) is 0 Å². The van der Waals surface area contributed by atoms with Crippen LogP contribution in [0, 0.1) is 12.8 Å². The molecule has 2 atom stereocenters. The molecule has 0 bridgehead atoms. The second kappa shape index (κ2) is 5.64. The standard InChI is InChI=1S/C15H18F2O2S/c1-10-4-7-12(8-5-10)20(18)13-9-6-11(2)15(16,17)14(13)19-3/h4-5,7-8,11H,6,9H2,1-3H3/t11-,20+/m0/s1. The van der Waals surface area contributed by atoms with Crippen molar-refractivity contribution in [2.45, 2.75) is 37.5 Å². The Morgan fingerprint density at radius 2 is 1.90 bits per heavy atom. The second-order valence-electron chi connectivity index (χ2n) is 5.10. The molecule has 1 aliphatic carbocycles. The molecular weight excluding hydrogens is 282 g/mol. The number of aryl methyl sites for hydroxylation is 1. The Labute approximate surface area is 120 Å². The predicted octanol–water partition coefficient (Wildman–Crippen LogP) is 4.03. The van der Waals surface area contributed by atoms with Crippen molar-refractivity contribution in [1.82, 2.24) is 0 Å². The number of alkyl halides is 2. The smallest absolute Gasteiger partial charge is 0.307 e. The molecule has 0 saturated heterocycles. The van der Waals surface area contributed by atoms with E-state index in [9.17, 15) is 13.0 Å². The molecule has 20 heavy (non-hydrogen) atoms. The van der Waals surface area contributed by atoms with E-state index in [2.05, 4.69) is 0 Å². The molecule has 0 spiro atoms. The first-order chi connectivity index (χ1) is 9.37. The highest BCUT2D eigenvalue weighted by Crippen LogP contribution is 2.44. The van der Waals surface area contributed by atoms with Crippen molar-refractivity contribution in [3.05, 3.63) is 40.5 Å². The number of methoxy groups -OCH3 is 1. The maximum atomic E-state index is 14.1. The molecule has 2 rings (SSSR count). The van der Waals surface area contributed by atoms with Gasteiger partial charge in [-0.2, -0.15) is 8.78 Å². The maximum Gasteiger partial charge on any atom is 0.307 e. The number of allylic oxidation sites excluding steroid dienone is 2. The van der Waals surface area contributed by atoms with Crippen molar-refractivity contribution >= 4 is 10.8 Å². The highest BCUT2D eigenvalue weighted by atomic mass is 32.2. The lowest BCUT2D eigenvalue weighted by Crippen LogP contribution is -2.34. The summed E-state index contributed by atoms with van der Waals surface area (Å²) in [4.78, 5) is 0.741. The monoisotopic (exact) mass is 300 g/mol. The van der Waals surface area contributed by atoms with Crippen molar-refractivity contribution in [3.63, 3.8) is 0 Å². The van der Waals surface area contributed by atoms with Crippen LogP contribution >= 0.6 is 0 Å². The zero-order valence-corrected chi connectivity index (χ0v) is 12.6. The van der Waals surface area contributed by atoms with Gasteiger partial charge in [0.1, 0.15) is 0 Å². The second-order valence-corrected chi connectivity index (χ2v) is 6.60. The topological polar surface area (TPSA) is 26.3 Å². The molecule has 0 fully saturated rings. The van der Waals surface area contributed by atoms with Gasteiger partial charge in [0, 0.05) is 10.8 Å². The first-order valence-electron chi connectivity index (χ1n) is 6.51. The molecule has 1 aromatic rings. The van der Waals surface area contributed by atoms with E-state index in [1.807, 2.05) is 19.1 Å².